The van der Waals surface area contributed by atoms with E-state index in [2.05, 4.69) is 27.1 Å². The Bertz CT molecular complexity index is 879. The van der Waals surface area contributed by atoms with Crippen LogP contribution in [0.4, 0.5) is 17.5 Å². The summed E-state index contributed by atoms with van der Waals surface area (Å²) >= 11 is 5.28. The fourth-order valence-corrected chi connectivity index (χ4v) is 5.19. The van der Waals surface area contributed by atoms with Gasteiger partial charge < -0.3 is 25.2 Å². The van der Waals surface area contributed by atoms with Gasteiger partial charge in [-0.3, -0.25) is 0 Å². The van der Waals surface area contributed by atoms with Crippen LogP contribution < -0.4 is 16.0 Å². The molecule has 1 saturated heterocycles. The fourth-order valence-electron chi connectivity index (χ4n) is 3.47. The van der Waals surface area contributed by atoms with Crippen molar-refractivity contribution in [2.75, 3.05) is 42.3 Å². The van der Waals surface area contributed by atoms with Gasteiger partial charge in [0.05, 0.1) is 25.8 Å². The van der Waals surface area contributed by atoms with Crippen LogP contribution in [-0.4, -0.2) is 62.3 Å². The molecule has 2 aromatic heterocycles. The number of nitrogen functional groups attached to an aromatic ring is 1. The lowest BCUT2D eigenvalue weighted by molar-refractivity contribution is 0.0985. The fraction of sp³-hybridized carbons (Fsp3) is 0.550. The molecule has 1 aliphatic heterocycles. The summed E-state index contributed by atoms with van der Waals surface area (Å²) in [5.74, 6) is 2.32. The van der Waals surface area contributed by atoms with E-state index in [1.165, 1.54) is 0 Å². The third-order valence-corrected chi connectivity index (χ3v) is 7.55. The molecule has 3 heterocycles. The van der Waals surface area contributed by atoms with Crippen LogP contribution in [0.25, 0.3) is 11.4 Å². The molecule has 1 unspecified atom stereocenters. The molecule has 2 aromatic rings. The van der Waals surface area contributed by atoms with Gasteiger partial charge in [0.2, 0.25) is 0 Å². The Balaban J connectivity index is 1.63. The molecule has 0 radical (unpaired) electrons. The van der Waals surface area contributed by atoms with E-state index in [9.17, 15) is 4.55 Å². The highest BCUT2D eigenvalue weighted by Crippen LogP contribution is 2.32. The maximum absolute atomic E-state index is 12.4. The molecule has 0 spiro atoms. The number of rotatable bonds is 7. The number of anilines is 3. The van der Waals surface area contributed by atoms with E-state index in [4.69, 9.17) is 27.1 Å². The number of nitrogens with two attached hydrogens (primary N) is 1. The predicted molar refractivity (Wildman–Crippen MR) is 121 cm³/mol. The van der Waals surface area contributed by atoms with Crippen molar-refractivity contribution in [2.24, 2.45) is 0 Å². The van der Waals surface area contributed by atoms with E-state index >= 15 is 0 Å². The molecular weight excluding hydrogens is 424 g/mol. The predicted octanol–water partition coefficient (Wildman–Crippen LogP) is 2.71. The molecule has 4 rings (SSSR count). The Labute approximate surface area is 184 Å². The van der Waals surface area contributed by atoms with E-state index in [1.54, 1.807) is 12.1 Å². The summed E-state index contributed by atoms with van der Waals surface area (Å²) in [5.41, 5.74) is 6.58. The van der Waals surface area contributed by atoms with Crippen molar-refractivity contribution in [1.82, 2.24) is 15.0 Å². The van der Waals surface area contributed by atoms with Gasteiger partial charge in [0.1, 0.15) is 33.1 Å². The summed E-state index contributed by atoms with van der Waals surface area (Å²) in [7, 11) is 0. The minimum atomic E-state index is -0.817. The van der Waals surface area contributed by atoms with Crippen LogP contribution in [0, 0.1) is 0 Å². The molecule has 30 heavy (non-hydrogen) atoms. The quantitative estimate of drug-likeness (QED) is 0.489. The van der Waals surface area contributed by atoms with Crippen molar-refractivity contribution in [2.45, 2.75) is 43.2 Å². The van der Waals surface area contributed by atoms with E-state index in [0.717, 1.165) is 25.2 Å². The van der Waals surface area contributed by atoms with E-state index in [0.29, 0.717) is 53.2 Å². The third-order valence-electron chi connectivity index (χ3n) is 5.27. The normalized spacial score (nSPS) is 21.3. The Morgan fingerprint density at radius 2 is 2.13 bits per heavy atom. The lowest BCUT2D eigenvalue weighted by Crippen LogP contribution is -2.44. The van der Waals surface area contributed by atoms with Crippen LogP contribution in [0.3, 0.4) is 0 Å². The zero-order valence-corrected chi connectivity index (χ0v) is 18.7. The Kier molecular flexibility index (Phi) is 6.52. The number of aromatic nitrogens is 3. The summed E-state index contributed by atoms with van der Waals surface area (Å²) in [4.78, 5) is 15.7. The van der Waals surface area contributed by atoms with Gasteiger partial charge >= 0.3 is 0 Å². The van der Waals surface area contributed by atoms with Crippen molar-refractivity contribution in [3.8, 4) is 11.4 Å². The molecule has 2 fully saturated rings. The molecule has 3 atom stereocenters. The van der Waals surface area contributed by atoms with E-state index < -0.39 is 11.2 Å². The lowest BCUT2D eigenvalue weighted by atomic mass is 10.2. The van der Waals surface area contributed by atoms with Crippen LogP contribution >= 0.6 is 11.6 Å². The Morgan fingerprint density at radius 1 is 1.33 bits per heavy atom. The standard InChI is InChI=1S/C20H27ClN6O2S/c1-12-11-29-6-5-27(12)19-9-18(23-10-13(2)30(28)15-3-4-15)25-20(26-19)14-7-16(21)24-17(22)8-14/h7-9,12-13,15H,3-6,10-11H2,1-2H3,(H2,22,24)(H,23,25,26)/t12-,13-,30?/m1/s1. The molecule has 1 aliphatic carbocycles. The van der Waals surface area contributed by atoms with Gasteiger partial charge in [0.25, 0.3) is 0 Å². The maximum atomic E-state index is 12.4. The van der Waals surface area contributed by atoms with Gasteiger partial charge in [-0.1, -0.05) is 11.6 Å². The number of halogens is 1. The summed E-state index contributed by atoms with van der Waals surface area (Å²) < 4.78 is 18.0. The monoisotopic (exact) mass is 450 g/mol. The average Bonchev–Trinajstić information content (AvgIpc) is 3.56. The van der Waals surface area contributed by atoms with Crippen molar-refractivity contribution in [1.29, 1.82) is 0 Å². The first-order valence-electron chi connectivity index (χ1n) is 10.2. The highest BCUT2D eigenvalue weighted by atomic mass is 35.5. The summed E-state index contributed by atoms with van der Waals surface area (Å²) in [6.45, 7) is 6.74. The highest BCUT2D eigenvalue weighted by Gasteiger charge is 2.37. The number of nitrogens with zero attached hydrogens (tertiary/aromatic N) is 4. The molecule has 0 aromatic carbocycles. The van der Waals surface area contributed by atoms with Gasteiger partial charge in [-0.15, -0.1) is 0 Å². The van der Waals surface area contributed by atoms with Gasteiger partial charge in [-0.2, -0.15) is 0 Å². The number of hydrogen-bond acceptors (Lipinski definition) is 8. The molecule has 10 heteroatoms. The maximum Gasteiger partial charge on any atom is 0.164 e. The van der Waals surface area contributed by atoms with Crippen LogP contribution in [-0.2, 0) is 15.9 Å². The Hall–Kier alpha value is -1.81. The number of ether oxygens (including phenoxy) is 1. The molecule has 2 aliphatic rings. The van der Waals surface area contributed by atoms with E-state index in [-0.39, 0.29) is 11.3 Å². The first-order valence-corrected chi connectivity index (χ1v) is 11.9. The second-order valence-electron chi connectivity index (χ2n) is 7.88. The van der Waals surface area contributed by atoms with E-state index in [1.807, 2.05) is 13.0 Å². The minimum Gasteiger partial charge on any atom is -0.616 e. The minimum absolute atomic E-state index is 0.0488. The topological polar surface area (TPSA) is 112 Å². The third kappa shape index (κ3) is 5.08. The highest BCUT2D eigenvalue weighted by molar-refractivity contribution is 7.92. The number of pyridine rings is 1. The smallest absolute Gasteiger partial charge is 0.164 e. The van der Waals surface area contributed by atoms with Crippen molar-refractivity contribution in [3.05, 3.63) is 23.4 Å². The van der Waals surface area contributed by atoms with Crippen LogP contribution in [0.1, 0.15) is 26.7 Å². The number of hydrogen-bond donors (Lipinski definition) is 2. The van der Waals surface area contributed by atoms with Crippen LogP contribution in [0.2, 0.25) is 5.15 Å². The van der Waals surface area contributed by atoms with Crippen LogP contribution in [0.5, 0.6) is 0 Å². The van der Waals surface area contributed by atoms with Crippen molar-refractivity contribution in [3.63, 3.8) is 0 Å². The Morgan fingerprint density at radius 3 is 2.83 bits per heavy atom. The zero-order valence-electron chi connectivity index (χ0n) is 17.2. The molecule has 1 saturated carbocycles. The van der Waals surface area contributed by atoms with Gasteiger partial charge in [0.15, 0.2) is 5.82 Å². The molecule has 8 nitrogen and oxygen atoms in total. The van der Waals surface area contributed by atoms with Crippen molar-refractivity contribution >= 4 is 40.2 Å². The summed E-state index contributed by atoms with van der Waals surface area (Å²) in [5, 5.41) is 4.06. The van der Waals surface area contributed by atoms with Gasteiger partial charge in [0, 0.05) is 18.2 Å². The number of nitrogens with one attached hydrogen (secondary N) is 1. The second-order valence-corrected chi connectivity index (χ2v) is 10.4. The largest absolute Gasteiger partial charge is 0.616 e. The molecule has 3 N–H and O–H groups in total. The SMILES string of the molecule is C[C@@H]1COCCN1c1cc(NC[C@@H](C)[S+]([O-])C2CC2)nc(-c2cc(N)nc(Cl)c2)n1. The molecular formula is C20H27ClN6O2S. The average molecular weight is 451 g/mol. The van der Waals surface area contributed by atoms with Gasteiger partial charge in [-0.05, 0) is 50.0 Å². The first-order chi connectivity index (χ1) is 14.4. The first kappa shape index (κ1) is 21.4. The zero-order chi connectivity index (χ0) is 21.3. The molecule has 0 amide bonds. The molecule has 162 valence electrons. The van der Waals surface area contributed by atoms with Crippen molar-refractivity contribution < 1.29 is 9.29 Å². The molecule has 0 bridgehead atoms. The second kappa shape index (κ2) is 9.13. The summed E-state index contributed by atoms with van der Waals surface area (Å²) in [6.07, 6.45) is 2.13. The summed E-state index contributed by atoms with van der Waals surface area (Å²) in [6, 6.07) is 5.54. The van der Waals surface area contributed by atoms with Crippen LogP contribution in [0.15, 0.2) is 18.2 Å². The number of morpholine rings is 1. The van der Waals surface area contributed by atoms with Gasteiger partial charge in [-0.25, -0.2) is 15.0 Å². The lowest BCUT2D eigenvalue weighted by Gasteiger charge is -2.34.